The van der Waals surface area contributed by atoms with Crippen molar-refractivity contribution in [3.8, 4) is 0 Å². The number of benzene rings is 1. The summed E-state index contributed by atoms with van der Waals surface area (Å²) in [6.45, 7) is 7.21. The molecule has 0 radical (unpaired) electrons. The third kappa shape index (κ3) is 5.32. The van der Waals surface area contributed by atoms with Crippen molar-refractivity contribution in [1.29, 1.82) is 0 Å². The van der Waals surface area contributed by atoms with Gasteiger partial charge in [-0.25, -0.2) is 0 Å². The molecule has 0 aliphatic heterocycles. The van der Waals surface area contributed by atoms with Gasteiger partial charge in [0.25, 0.3) is 0 Å². The van der Waals surface area contributed by atoms with E-state index in [0.29, 0.717) is 18.1 Å². The summed E-state index contributed by atoms with van der Waals surface area (Å²) in [5, 5.41) is 3.35. The van der Waals surface area contributed by atoms with Crippen LogP contribution in [0.5, 0.6) is 0 Å². The highest BCUT2D eigenvalue weighted by Gasteiger charge is 2.31. The molecule has 0 aliphatic carbocycles. The molecule has 0 aromatic heterocycles. The molecule has 0 spiro atoms. The minimum atomic E-state index is -4.29. The zero-order valence-corrected chi connectivity index (χ0v) is 13.1. The van der Waals surface area contributed by atoms with Crippen LogP contribution in [-0.2, 0) is 10.9 Å². The number of ether oxygens (including phenoxy) is 1. The molecule has 0 saturated carbocycles. The van der Waals surface area contributed by atoms with Gasteiger partial charge in [-0.05, 0) is 49.1 Å². The molecule has 0 amide bonds. The second-order valence-corrected chi connectivity index (χ2v) is 5.48. The number of aryl methyl sites for hydroxylation is 1. The molecule has 1 aromatic rings. The molecule has 1 N–H and O–H groups in total. The van der Waals surface area contributed by atoms with E-state index in [-0.39, 0.29) is 6.04 Å². The summed E-state index contributed by atoms with van der Waals surface area (Å²) < 4.78 is 43.3. The maximum absolute atomic E-state index is 12.7. The van der Waals surface area contributed by atoms with Gasteiger partial charge in [-0.15, -0.1) is 0 Å². The molecule has 5 heteroatoms. The van der Waals surface area contributed by atoms with E-state index >= 15 is 0 Å². The molecule has 2 unspecified atom stereocenters. The lowest BCUT2D eigenvalue weighted by Gasteiger charge is -2.24. The molecule has 120 valence electrons. The van der Waals surface area contributed by atoms with Gasteiger partial charge in [0.15, 0.2) is 0 Å². The Morgan fingerprint density at radius 1 is 1.29 bits per heavy atom. The van der Waals surface area contributed by atoms with Crippen molar-refractivity contribution in [3.63, 3.8) is 0 Å². The molecular formula is C16H24F3NO. The first kappa shape index (κ1) is 18.0. The molecule has 1 rings (SSSR count). The summed E-state index contributed by atoms with van der Waals surface area (Å²) >= 11 is 0. The number of halogens is 3. The molecular weight excluding hydrogens is 279 g/mol. The van der Waals surface area contributed by atoms with Gasteiger partial charge >= 0.3 is 6.18 Å². The van der Waals surface area contributed by atoms with E-state index in [9.17, 15) is 13.2 Å². The Morgan fingerprint density at radius 3 is 2.43 bits per heavy atom. The van der Waals surface area contributed by atoms with Crippen LogP contribution in [0.4, 0.5) is 13.2 Å². The van der Waals surface area contributed by atoms with Crippen LogP contribution in [0, 0.1) is 12.8 Å². The predicted molar refractivity (Wildman–Crippen MR) is 78.3 cm³/mol. The third-order valence-electron chi connectivity index (χ3n) is 3.51. The lowest BCUT2D eigenvalue weighted by atomic mass is 9.92. The standard InChI is InChI=1S/C16H24F3NO/c1-5-20-15(8-11(2)10-21-4)14-7-6-13(9-12(14)3)16(17,18)19/h6-7,9,11,15,20H,5,8,10H2,1-4H3. The number of rotatable bonds is 7. The fourth-order valence-electron chi connectivity index (χ4n) is 2.56. The van der Waals surface area contributed by atoms with Gasteiger partial charge in [0, 0.05) is 19.8 Å². The van der Waals surface area contributed by atoms with Gasteiger partial charge in [0.1, 0.15) is 0 Å². The van der Waals surface area contributed by atoms with Crippen LogP contribution in [0.1, 0.15) is 43.0 Å². The van der Waals surface area contributed by atoms with Gasteiger partial charge in [0.05, 0.1) is 5.56 Å². The van der Waals surface area contributed by atoms with E-state index in [0.717, 1.165) is 24.6 Å². The average Bonchev–Trinajstić information content (AvgIpc) is 2.37. The van der Waals surface area contributed by atoms with Gasteiger partial charge in [-0.2, -0.15) is 13.2 Å². The summed E-state index contributed by atoms with van der Waals surface area (Å²) in [6.07, 6.45) is -3.46. The highest BCUT2D eigenvalue weighted by atomic mass is 19.4. The van der Waals surface area contributed by atoms with Crippen LogP contribution in [0.15, 0.2) is 18.2 Å². The number of nitrogens with one attached hydrogen (secondary N) is 1. The molecule has 0 heterocycles. The molecule has 2 nitrogen and oxygen atoms in total. The van der Waals surface area contributed by atoms with E-state index in [4.69, 9.17) is 4.74 Å². The monoisotopic (exact) mass is 303 g/mol. The Hall–Kier alpha value is -1.07. The van der Waals surface area contributed by atoms with Crippen molar-refractivity contribution in [2.45, 2.75) is 39.4 Å². The van der Waals surface area contributed by atoms with Crippen molar-refractivity contribution in [3.05, 3.63) is 34.9 Å². The van der Waals surface area contributed by atoms with E-state index in [2.05, 4.69) is 12.2 Å². The van der Waals surface area contributed by atoms with Gasteiger partial charge < -0.3 is 10.1 Å². The number of hydrogen-bond acceptors (Lipinski definition) is 2. The Balaban J connectivity index is 2.98. The van der Waals surface area contributed by atoms with Gasteiger partial charge in [-0.3, -0.25) is 0 Å². The van der Waals surface area contributed by atoms with E-state index in [1.54, 1.807) is 20.1 Å². The van der Waals surface area contributed by atoms with Crippen LogP contribution in [0.2, 0.25) is 0 Å². The van der Waals surface area contributed by atoms with Crippen molar-refractivity contribution < 1.29 is 17.9 Å². The van der Waals surface area contributed by atoms with Crippen LogP contribution in [0.3, 0.4) is 0 Å². The molecule has 21 heavy (non-hydrogen) atoms. The van der Waals surface area contributed by atoms with E-state index in [1.165, 1.54) is 6.07 Å². The zero-order valence-electron chi connectivity index (χ0n) is 13.1. The first-order chi connectivity index (χ1) is 9.79. The van der Waals surface area contributed by atoms with E-state index in [1.807, 2.05) is 6.92 Å². The van der Waals surface area contributed by atoms with Crippen molar-refractivity contribution in [1.82, 2.24) is 5.32 Å². The highest BCUT2D eigenvalue weighted by molar-refractivity contribution is 5.34. The highest BCUT2D eigenvalue weighted by Crippen LogP contribution is 2.32. The first-order valence-electron chi connectivity index (χ1n) is 7.19. The number of hydrogen-bond donors (Lipinski definition) is 1. The lowest BCUT2D eigenvalue weighted by Crippen LogP contribution is -2.25. The number of methoxy groups -OCH3 is 1. The van der Waals surface area contributed by atoms with E-state index < -0.39 is 11.7 Å². The molecule has 0 fully saturated rings. The fourth-order valence-corrected chi connectivity index (χ4v) is 2.56. The minimum Gasteiger partial charge on any atom is -0.384 e. The van der Waals surface area contributed by atoms with Crippen LogP contribution < -0.4 is 5.32 Å². The van der Waals surface area contributed by atoms with Crippen LogP contribution >= 0.6 is 0 Å². The number of alkyl halides is 3. The molecule has 1 aromatic carbocycles. The topological polar surface area (TPSA) is 21.3 Å². The van der Waals surface area contributed by atoms with Crippen molar-refractivity contribution in [2.75, 3.05) is 20.3 Å². The Kier molecular flexibility index (Phi) is 6.68. The summed E-state index contributed by atoms with van der Waals surface area (Å²) in [5.41, 5.74) is 0.997. The Morgan fingerprint density at radius 2 is 1.95 bits per heavy atom. The summed E-state index contributed by atoms with van der Waals surface area (Å²) in [5.74, 6) is 0.334. The predicted octanol–water partition coefficient (Wildman–Crippen LogP) is 4.34. The molecule has 2 atom stereocenters. The average molecular weight is 303 g/mol. The van der Waals surface area contributed by atoms with Gasteiger partial charge in [-0.1, -0.05) is 19.9 Å². The summed E-state index contributed by atoms with van der Waals surface area (Å²) in [6, 6.07) is 4.02. The summed E-state index contributed by atoms with van der Waals surface area (Å²) in [4.78, 5) is 0. The normalized spacial score (nSPS) is 15.0. The van der Waals surface area contributed by atoms with Crippen molar-refractivity contribution >= 4 is 0 Å². The third-order valence-corrected chi connectivity index (χ3v) is 3.51. The Bertz CT molecular complexity index is 446. The van der Waals surface area contributed by atoms with Crippen LogP contribution in [0.25, 0.3) is 0 Å². The lowest BCUT2D eigenvalue weighted by molar-refractivity contribution is -0.137. The fraction of sp³-hybridized carbons (Fsp3) is 0.625. The van der Waals surface area contributed by atoms with Crippen LogP contribution in [-0.4, -0.2) is 20.3 Å². The maximum atomic E-state index is 12.7. The maximum Gasteiger partial charge on any atom is 0.416 e. The Labute approximate surface area is 124 Å². The molecule has 0 saturated heterocycles. The minimum absolute atomic E-state index is 0.0439. The largest absolute Gasteiger partial charge is 0.416 e. The molecule has 0 aliphatic rings. The SMILES string of the molecule is CCNC(CC(C)COC)c1ccc(C(F)(F)F)cc1C. The zero-order chi connectivity index (χ0) is 16.0. The second kappa shape index (κ2) is 7.80. The molecule has 0 bridgehead atoms. The second-order valence-electron chi connectivity index (χ2n) is 5.48. The smallest absolute Gasteiger partial charge is 0.384 e. The van der Waals surface area contributed by atoms with Gasteiger partial charge in [0.2, 0.25) is 0 Å². The summed E-state index contributed by atoms with van der Waals surface area (Å²) in [7, 11) is 1.65. The quantitative estimate of drug-likeness (QED) is 0.809. The van der Waals surface area contributed by atoms with Crippen molar-refractivity contribution in [2.24, 2.45) is 5.92 Å². The first-order valence-corrected chi connectivity index (χ1v) is 7.19.